The maximum Gasteiger partial charge on any atom is 0.424 e. The summed E-state index contributed by atoms with van der Waals surface area (Å²) in [4.78, 5) is 29.2. The summed E-state index contributed by atoms with van der Waals surface area (Å²) in [6.45, 7) is 11.1. The Hall–Kier alpha value is -2.25. The molecule has 8 heteroatoms. The normalized spacial score (nSPS) is 12.1. The largest absolute Gasteiger partial charge is 0.443 e. The molecule has 0 saturated carbocycles. The zero-order valence-electron chi connectivity index (χ0n) is 15.5. The molecule has 25 heavy (non-hydrogen) atoms. The minimum Gasteiger partial charge on any atom is -0.443 e. The van der Waals surface area contributed by atoms with Gasteiger partial charge in [0.25, 0.3) is 6.43 Å². The Morgan fingerprint density at radius 2 is 1.48 bits per heavy atom. The molecule has 0 bridgehead atoms. The van der Waals surface area contributed by atoms with E-state index < -0.39 is 35.5 Å². The Balaban J connectivity index is 3.47. The predicted octanol–water partition coefficient (Wildman–Crippen LogP) is 5.00. The molecule has 6 nitrogen and oxygen atoms in total. The minimum absolute atomic E-state index is 0.266. The Bertz CT molecular complexity index is 621. The summed E-state index contributed by atoms with van der Waals surface area (Å²) in [5, 5.41) is 0. The van der Waals surface area contributed by atoms with Crippen molar-refractivity contribution in [3.05, 3.63) is 23.5 Å². The lowest BCUT2D eigenvalue weighted by atomic mass is 10.1. The number of imide groups is 1. The Morgan fingerprint density at radius 3 is 1.84 bits per heavy atom. The molecule has 2 amide bonds. The highest BCUT2D eigenvalue weighted by Gasteiger charge is 2.36. The summed E-state index contributed by atoms with van der Waals surface area (Å²) in [6, 6.07) is 1.42. The van der Waals surface area contributed by atoms with Crippen LogP contribution in [-0.2, 0) is 9.47 Å². The third kappa shape index (κ3) is 5.95. The van der Waals surface area contributed by atoms with Gasteiger partial charge in [-0.2, -0.15) is 4.90 Å². The molecule has 1 heterocycles. The molecular weight excluding hydrogens is 334 g/mol. The van der Waals surface area contributed by atoms with Gasteiger partial charge in [-0.1, -0.05) is 0 Å². The molecule has 0 aliphatic carbocycles. The smallest absolute Gasteiger partial charge is 0.424 e. The summed E-state index contributed by atoms with van der Waals surface area (Å²) in [5.74, 6) is 0. The van der Waals surface area contributed by atoms with Crippen LogP contribution in [0.25, 0.3) is 0 Å². The van der Waals surface area contributed by atoms with E-state index >= 15 is 0 Å². The van der Waals surface area contributed by atoms with Crippen LogP contribution in [-0.4, -0.2) is 28.4 Å². The molecule has 0 unspecified atom stereocenters. The van der Waals surface area contributed by atoms with Crippen molar-refractivity contribution in [2.24, 2.45) is 0 Å². The van der Waals surface area contributed by atoms with Gasteiger partial charge < -0.3 is 9.47 Å². The number of carbonyl (C=O) groups excluding carboxylic acids is 2. The van der Waals surface area contributed by atoms with Gasteiger partial charge in [0.1, 0.15) is 16.9 Å². The van der Waals surface area contributed by atoms with Gasteiger partial charge >= 0.3 is 12.2 Å². The predicted molar refractivity (Wildman–Crippen MR) is 88.9 cm³/mol. The number of halogens is 2. The van der Waals surface area contributed by atoms with Gasteiger partial charge in [0.15, 0.2) is 0 Å². The van der Waals surface area contributed by atoms with Gasteiger partial charge in [-0.15, -0.1) is 0 Å². The number of ether oxygens (including phenoxy) is 2. The van der Waals surface area contributed by atoms with E-state index in [0.29, 0.717) is 4.90 Å². The minimum atomic E-state index is -2.98. The Kier molecular flexibility index (Phi) is 6.09. The third-order valence-corrected chi connectivity index (χ3v) is 2.74. The standard InChI is InChI=1S/C17H24F2N2O4/c1-10-8-9-20-11(13(18)19)12(10)21(14(22)24-16(2,3)4)15(23)25-17(5,6)7/h8-9,13H,1-7H3. The van der Waals surface area contributed by atoms with Gasteiger partial charge in [-0.3, -0.25) is 4.98 Å². The lowest BCUT2D eigenvalue weighted by molar-refractivity contribution is 0.0428. The number of anilines is 1. The van der Waals surface area contributed by atoms with Crippen LogP contribution in [0.15, 0.2) is 12.3 Å². The lowest BCUT2D eigenvalue weighted by Crippen LogP contribution is -2.44. The fourth-order valence-corrected chi connectivity index (χ4v) is 1.89. The molecule has 140 valence electrons. The Morgan fingerprint density at radius 1 is 1.04 bits per heavy atom. The van der Waals surface area contributed by atoms with Gasteiger partial charge in [-0.25, -0.2) is 18.4 Å². The maximum absolute atomic E-state index is 13.4. The zero-order chi connectivity index (χ0) is 19.6. The van der Waals surface area contributed by atoms with Crippen molar-refractivity contribution >= 4 is 17.9 Å². The molecule has 0 radical (unpaired) electrons. The van der Waals surface area contributed by atoms with Crippen molar-refractivity contribution in [1.29, 1.82) is 0 Å². The molecule has 0 atom stereocenters. The van der Waals surface area contributed by atoms with Crippen LogP contribution in [0.2, 0.25) is 0 Å². The fourth-order valence-electron chi connectivity index (χ4n) is 1.89. The highest BCUT2D eigenvalue weighted by Crippen LogP contribution is 2.33. The number of carbonyl (C=O) groups is 2. The zero-order valence-corrected chi connectivity index (χ0v) is 15.5. The summed E-state index contributed by atoms with van der Waals surface area (Å²) in [5.41, 5.74) is -2.63. The first-order valence-electron chi connectivity index (χ1n) is 7.72. The van der Waals surface area contributed by atoms with Gasteiger partial charge in [0.05, 0.1) is 5.69 Å². The highest BCUT2D eigenvalue weighted by molar-refractivity contribution is 6.10. The topological polar surface area (TPSA) is 68.7 Å². The molecule has 0 aromatic carbocycles. The van der Waals surface area contributed by atoms with Crippen LogP contribution in [0.1, 0.15) is 59.2 Å². The van der Waals surface area contributed by atoms with Crippen molar-refractivity contribution < 1.29 is 27.8 Å². The third-order valence-electron chi connectivity index (χ3n) is 2.74. The average molecular weight is 358 g/mol. The summed E-state index contributed by atoms with van der Waals surface area (Å²) < 4.78 is 37.1. The van der Waals surface area contributed by atoms with Gasteiger partial charge in [-0.05, 0) is 60.1 Å². The van der Waals surface area contributed by atoms with Crippen molar-refractivity contribution in [1.82, 2.24) is 4.98 Å². The molecule has 1 aromatic rings. The van der Waals surface area contributed by atoms with E-state index in [0.717, 1.165) is 0 Å². The molecule has 1 rings (SSSR count). The molecule has 1 aromatic heterocycles. The molecule has 0 aliphatic rings. The Labute approximate surface area is 146 Å². The van der Waals surface area contributed by atoms with Crippen LogP contribution in [0, 0.1) is 6.92 Å². The maximum atomic E-state index is 13.4. The van der Waals surface area contributed by atoms with Crippen LogP contribution < -0.4 is 4.90 Å². The van der Waals surface area contributed by atoms with Crippen molar-refractivity contribution in [3.8, 4) is 0 Å². The van der Waals surface area contributed by atoms with Crippen molar-refractivity contribution in [2.45, 2.75) is 66.1 Å². The van der Waals surface area contributed by atoms with Crippen LogP contribution in [0.5, 0.6) is 0 Å². The van der Waals surface area contributed by atoms with Crippen LogP contribution in [0.3, 0.4) is 0 Å². The number of aryl methyl sites for hydroxylation is 1. The van der Waals surface area contributed by atoms with Crippen LogP contribution >= 0.6 is 0 Å². The molecule has 0 fully saturated rings. The van der Waals surface area contributed by atoms with E-state index in [9.17, 15) is 18.4 Å². The number of hydrogen-bond donors (Lipinski definition) is 0. The average Bonchev–Trinajstić information content (AvgIpc) is 2.36. The van der Waals surface area contributed by atoms with E-state index in [2.05, 4.69) is 4.98 Å². The monoisotopic (exact) mass is 358 g/mol. The fraction of sp³-hybridized carbons (Fsp3) is 0.588. The number of aromatic nitrogens is 1. The van der Waals surface area contributed by atoms with Crippen molar-refractivity contribution in [2.75, 3.05) is 4.90 Å². The van der Waals surface area contributed by atoms with E-state index in [4.69, 9.17) is 9.47 Å². The summed E-state index contributed by atoms with van der Waals surface area (Å²) >= 11 is 0. The number of nitrogens with zero attached hydrogens (tertiary/aromatic N) is 2. The molecule has 0 spiro atoms. The SMILES string of the molecule is Cc1ccnc(C(F)F)c1N(C(=O)OC(C)(C)C)C(=O)OC(C)(C)C. The summed E-state index contributed by atoms with van der Waals surface area (Å²) in [6.07, 6.45) is -4.02. The lowest BCUT2D eigenvalue weighted by Gasteiger charge is -2.30. The molecule has 0 saturated heterocycles. The molecule has 0 N–H and O–H groups in total. The van der Waals surface area contributed by atoms with Crippen LogP contribution in [0.4, 0.5) is 24.1 Å². The number of pyridine rings is 1. The van der Waals surface area contributed by atoms with E-state index in [1.807, 2.05) is 0 Å². The first-order valence-corrected chi connectivity index (χ1v) is 7.72. The first-order chi connectivity index (χ1) is 11.2. The molecular formula is C17H24F2N2O4. The highest BCUT2D eigenvalue weighted by atomic mass is 19.3. The van der Waals surface area contributed by atoms with Gasteiger partial charge in [0, 0.05) is 6.20 Å². The number of alkyl halides is 2. The summed E-state index contributed by atoms with van der Waals surface area (Å²) in [7, 11) is 0. The second-order valence-electron chi connectivity index (χ2n) is 7.46. The second kappa shape index (κ2) is 7.33. The first kappa shape index (κ1) is 20.8. The van der Waals surface area contributed by atoms with E-state index in [1.165, 1.54) is 19.2 Å². The number of amides is 2. The number of hydrogen-bond acceptors (Lipinski definition) is 5. The van der Waals surface area contributed by atoms with Gasteiger partial charge in [0.2, 0.25) is 0 Å². The molecule has 0 aliphatic heterocycles. The van der Waals surface area contributed by atoms with E-state index in [1.54, 1.807) is 41.5 Å². The number of rotatable bonds is 2. The van der Waals surface area contributed by atoms with E-state index in [-0.39, 0.29) is 11.3 Å². The van der Waals surface area contributed by atoms with Crippen molar-refractivity contribution in [3.63, 3.8) is 0 Å². The quantitative estimate of drug-likeness (QED) is 0.744. The second-order valence-corrected chi connectivity index (χ2v) is 7.46.